The monoisotopic (exact) mass is 503 g/mol. The van der Waals surface area contributed by atoms with Gasteiger partial charge in [0.05, 0.1) is 0 Å². The van der Waals surface area contributed by atoms with Crippen LogP contribution in [-0.2, 0) is 9.53 Å². The molecule has 3 aliphatic rings. The number of halogens is 2. The van der Waals surface area contributed by atoms with Gasteiger partial charge >= 0.3 is 147 Å². The van der Waals surface area contributed by atoms with Gasteiger partial charge in [0.1, 0.15) is 0 Å². The number of carbonyl (C=O) groups excluding carboxylic acids is 1. The van der Waals surface area contributed by atoms with Crippen molar-refractivity contribution in [2.45, 2.75) is 65.3 Å². The van der Waals surface area contributed by atoms with Gasteiger partial charge in [-0.05, 0) is 0 Å². The van der Waals surface area contributed by atoms with E-state index < -0.39 is 0 Å². The van der Waals surface area contributed by atoms with Gasteiger partial charge in [-0.1, -0.05) is 0 Å². The SMILES string of the molecule is CCC1(OC(=O)C2CC3CC2C(I)C3[I-]C)CCCC1. The summed E-state index contributed by atoms with van der Waals surface area (Å²) in [7, 11) is 0. The first kappa shape index (κ1) is 15.8. The molecule has 0 spiro atoms. The topological polar surface area (TPSA) is 26.3 Å². The van der Waals surface area contributed by atoms with Crippen LogP contribution in [-0.4, -0.2) is 24.4 Å². The second-order valence-corrected chi connectivity index (χ2v) is 10.9. The summed E-state index contributed by atoms with van der Waals surface area (Å²) < 4.78 is 7.76. The second-order valence-electron chi connectivity index (χ2n) is 6.77. The number of esters is 1. The number of ether oxygens (including phenoxy) is 1. The molecule has 0 aromatic carbocycles. The molecule has 5 unspecified atom stereocenters. The molecule has 2 bridgehead atoms. The van der Waals surface area contributed by atoms with Crippen molar-refractivity contribution in [2.75, 3.05) is 4.93 Å². The molecule has 0 radical (unpaired) electrons. The third-order valence-corrected chi connectivity index (χ3v) is 12.1. The number of hydrogen-bond donors (Lipinski definition) is 0. The normalized spacial score (nSPS) is 42.2. The molecule has 20 heavy (non-hydrogen) atoms. The maximum absolute atomic E-state index is 12.7. The molecule has 116 valence electrons. The number of alkyl halides is 3. The zero-order valence-corrected chi connectivity index (χ0v) is 16.7. The number of carbonyl (C=O) groups is 1. The molecule has 5 atom stereocenters. The van der Waals surface area contributed by atoms with Crippen molar-refractivity contribution in [2.24, 2.45) is 17.8 Å². The molecule has 3 saturated carbocycles. The fourth-order valence-corrected chi connectivity index (χ4v) is 10.7. The molecule has 0 N–H and O–H groups in total. The molecule has 2 nitrogen and oxygen atoms in total. The Labute approximate surface area is 146 Å². The minimum atomic E-state index is -0.100. The van der Waals surface area contributed by atoms with Gasteiger partial charge in [0.15, 0.2) is 0 Å². The van der Waals surface area contributed by atoms with Gasteiger partial charge in [0, 0.05) is 0 Å². The van der Waals surface area contributed by atoms with E-state index in [9.17, 15) is 4.79 Å². The molecular weight excluding hydrogens is 478 g/mol. The van der Waals surface area contributed by atoms with E-state index in [-0.39, 0.29) is 17.5 Å². The predicted molar refractivity (Wildman–Crippen MR) is 84.8 cm³/mol. The van der Waals surface area contributed by atoms with E-state index in [2.05, 4.69) is 34.4 Å². The van der Waals surface area contributed by atoms with Crippen LogP contribution in [0, 0.1) is 17.8 Å². The third-order valence-electron chi connectivity index (χ3n) is 5.84. The van der Waals surface area contributed by atoms with E-state index in [0.717, 1.165) is 39.5 Å². The van der Waals surface area contributed by atoms with Crippen molar-refractivity contribution < 1.29 is 30.7 Å². The van der Waals surface area contributed by atoms with Gasteiger partial charge < -0.3 is 0 Å². The zero-order valence-electron chi connectivity index (χ0n) is 12.4. The first-order valence-electron chi connectivity index (χ1n) is 7.95. The Morgan fingerprint density at radius 2 is 2.05 bits per heavy atom. The van der Waals surface area contributed by atoms with Crippen molar-refractivity contribution in [3.05, 3.63) is 0 Å². The summed E-state index contributed by atoms with van der Waals surface area (Å²) in [6.07, 6.45) is 8.06. The molecule has 0 aliphatic heterocycles. The number of rotatable bonds is 4. The Bertz CT molecular complexity index is 377. The number of fused-ring (bicyclic) bond motifs is 2. The van der Waals surface area contributed by atoms with Crippen molar-refractivity contribution in [1.29, 1.82) is 0 Å². The maximum atomic E-state index is 12.7. The molecular formula is C16H25I2O2-. The van der Waals surface area contributed by atoms with Crippen molar-refractivity contribution in [1.82, 2.24) is 0 Å². The standard InChI is InChI=1S/C16H25I2O2/c1-3-16(6-4-5-7-16)20-15(19)12-9-10-8-11(12)13(17)14(10)18-2/h10-14H,3-9H2,1-2H3/q-1. The average molecular weight is 503 g/mol. The molecule has 0 aromatic heterocycles. The van der Waals surface area contributed by atoms with Crippen LogP contribution < -0.4 is 21.2 Å². The van der Waals surface area contributed by atoms with E-state index in [1.54, 1.807) is 0 Å². The van der Waals surface area contributed by atoms with Crippen molar-refractivity contribution in [3.8, 4) is 0 Å². The first-order chi connectivity index (χ1) is 9.60. The Morgan fingerprint density at radius 1 is 1.35 bits per heavy atom. The van der Waals surface area contributed by atoms with Crippen LogP contribution in [0.4, 0.5) is 0 Å². The Morgan fingerprint density at radius 3 is 2.60 bits per heavy atom. The van der Waals surface area contributed by atoms with Crippen LogP contribution in [0.1, 0.15) is 51.9 Å². The molecule has 3 rings (SSSR count). The molecule has 3 aliphatic carbocycles. The molecule has 0 saturated heterocycles. The summed E-state index contributed by atoms with van der Waals surface area (Å²) in [6, 6.07) is 0. The fourth-order valence-electron chi connectivity index (χ4n) is 4.62. The first-order valence-corrected chi connectivity index (χ1v) is 12.6. The van der Waals surface area contributed by atoms with Crippen LogP contribution in [0.15, 0.2) is 0 Å². The minimum absolute atomic E-state index is 0.100. The zero-order chi connectivity index (χ0) is 14.3. The molecule has 0 heterocycles. The van der Waals surface area contributed by atoms with Crippen LogP contribution in [0.25, 0.3) is 0 Å². The molecule has 3 fully saturated rings. The van der Waals surface area contributed by atoms with Gasteiger partial charge in [-0.25, -0.2) is 0 Å². The summed E-state index contributed by atoms with van der Waals surface area (Å²) in [6.45, 7) is 2.18. The van der Waals surface area contributed by atoms with E-state index in [0.29, 0.717) is 27.1 Å². The fraction of sp³-hybridized carbons (Fsp3) is 0.938. The van der Waals surface area contributed by atoms with E-state index in [1.165, 1.54) is 19.3 Å². The summed E-state index contributed by atoms with van der Waals surface area (Å²) >= 11 is 2.95. The second kappa shape index (κ2) is 6.20. The van der Waals surface area contributed by atoms with Crippen molar-refractivity contribution >= 4 is 28.6 Å². The molecule has 0 amide bonds. The summed E-state index contributed by atoms with van der Waals surface area (Å²) in [5, 5.41) is 0. The molecule has 0 aromatic rings. The molecule has 4 heteroatoms. The van der Waals surface area contributed by atoms with Gasteiger partial charge in [-0.2, -0.15) is 0 Å². The van der Waals surface area contributed by atoms with E-state index in [4.69, 9.17) is 4.74 Å². The summed E-state index contributed by atoms with van der Waals surface area (Å²) in [4.78, 5) is 15.1. The quantitative estimate of drug-likeness (QED) is 0.323. The van der Waals surface area contributed by atoms with E-state index in [1.807, 2.05) is 0 Å². The Hall–Kier alpha value is 0.930. The Kier molecular flexibility index (Phi) is 4.90. The Balaban J connectivity index is 1.65. The third kappa shape index (κ3) is 2.65. The number of hydrogen-bond acceptors (Lipinski definition) is 2. The predicted octanol–water partition coefficient (Wildman–Crippen LogP) is 0.799. The van der Waals surface area contributed by atoms with Crippen LogP contribution >= 0.6 is 22.6 Å². The van der Waals surface area contributed by atoms with Crippen LogP contribution in [0.2, 0.25) is 0 Å². The van der Waals surface area contributed by atoms with Gasteiger partial charge in [0.2, 0.25) is 0 Å². The van der Waals surface area contributed by atoms with Gasteiger partial charge in [-0.15, -0.1) is 0 Å². The van der Waals surface area contributed by atoms with Crippen molar-refractivity contribution in [3.63, 3.8) is 0 Å². The van der Waals surface area contributed by atoms with E-state index >= 15 is 0 Å². The van der Waals surface area contributed by atoms with Gasteiger partial charge in [-0.3, -0.25) is 0 Å². The summed E-state index contributed by atoms with van der Waals surface area (Å²) in [5.41, 5.74) is -0.100. The van der Waals surface area contributed by atoms with Crippen LogP contribution in [0.5, 0.6) is 0 Å². The van der Waals surface area contributed by atoms with Gasteiger partial charge in [0.25, 0.3) is 0 Å². The van der Waals surface area contributed by atoms with Crippen LogP contribution in [0.3, 0.4) is 0 Å². The average Bonchev–Trinajstić information content (AvgIpc) is 3.13. The summed E-state index contributed by atoms with van der Waals surface area (Å²) in [5.74, 6) is 1.82.